The maximum atomic E-state index is 10.6. The molecule has 1 radical (unpaired) electrons. The van der Waals surface area contributed by atoms with Crippen molar-refractivity contribution in [3.05, 3.63) is 12.2 Å². The Morgan fingerprint density at radius 1 is 1.60 bits per heavy atom. The van der Waals surface area contributed by atoms with E-state index in [2.05, 4.69) is 6.58 Å². The van der Waals surface area contributed by atoms with Crippen molar-refractivity contribution >= 4 is 74.9 Å². The van der Waals surface area contributed by atoms with Gasteiger partial charge in [0.15, 0.2) is 0 Å². The SMILES string of the molecule is C=C(C)C(=O)OCCC.[Cs]. The summed E-state index contributed by atoms with van der Waals surface area (Å²) in [6.45, 7) is 7.51. The van der Waals surface area contributed by atoms with E-state index in [1.807, 2.05) is 6.92 Å². The van der Waals surface area contributed by atoms with Crippen molar-refractivity contribution in [1.29, 1.82) is 0 Å². The molecule has 2 nitrogen and oxygen atoms in total. The second kappa shape index (κ2) is 8.36. The molecule has 0 bridgehead atoms. The van der Waals surface area contributed by atoms with Gasteiger partial charge in [0, 0.05) is 74.5 Å². The monoisotopic (exact) mass is 261 g/mol. The zero-order valence-corrected chi connectivity index (χ0v) is 13.2. The molecule has 3 heteroatoms. The smallest absolute Gasteiger partial charge is 0.333 e. The number of hydrogen-bond donors (Lipinski definition) is 0. The number of hydrogen-bond acceptors (Lipinski definition) is 2. The van der Waals surface area contributed by atoms with Crippen LogP contribution in [0.4, 0.5) is 0 Å². The molecule has 0 saturated heterocycles. The minimum absolute atomic E-state index is 0. The van der Waals surface area contributed by atoms with E-state index in [4.69, 9.17) is 4.74 Å². The van der Waals surface area contributed by atoms with Crippen molar-refractivity contribution in [3.63, 3.8) is 0 Å². The molecule has 0 unspecified atom stereocenters. The Bertz CT molecular complexity index is 121. The van der Waals surface area contributed by atoms with Crippen LogP contribution in [0, 0.1) is 0 Å². The Kier molecular flexibility index (Phi) is 11.6. The van der Waals surface area contributed by atoms with Gasteiger partial charge in [-0.2, -0.15) is 0 Å². The van der Waals surface area contributed by atoms with Crippen LogP contribution in [0.2, 0.25) is 0 Å². The van der Waals surface area contributed by atoms with E-state index in [0.29, 0.717) is 12.2 Å². The average molecular weight is 261 g/mol. The molecule has 0 aromatic heterocycles. The van der Waals surface area contributed by atoms with Gasteiger partial charge in [0.25, 0.3) is 0 Å². The summed E-state index contributed by atoms with van der Waals surface area (Å²) in [4.78, 5) is 10.6. The largest absolute Gasteiger partial charge is 0.462 e. The maximum Gasteiger partial charge on any atom is 0.333 e. The van der Waals surface area contributed by atoms with Crippen LogP contribution in [-0.2, 0) is 9.53 Å². The van der Waals surface area contributed by atoms with Crippen LogP contribution >= 0.6 is 0 Å². The zero-order chi connectivity index (χ0) is 7.28. The fourth-order valence-electron chi connectivity index (χ4n) is 0.318. The van der Waals surface area contributed by atoms with E-state index < -0.39 is 0 Å². The number of carbonyl (C=O) groups excluding carboxylic acids is 1. The summed E-state index contributed by atoms with van der Waals surface area (Å²) < 4.78 is 4.71. The molecule has 0 aliphatic heterocycles. The van der Waals surface area contributed by atoms with Crippen LogP contribution in [0.25, 0.3) is 0 Å². The Labute approximate surface area is 121 Å². The van der Waals surface area contributed by atoms with Crippen molar-refractivity contribution in [2.24, 2.45) is 0 Å². The van der Waals surface area contributed by atoms with E-state index in [0.717, 1.165) is 6.42 Å². The fourth-order valence-corrected chi connectivity index (χ4v) is 0.318. The minimum Gasteiger partial charge on any atom is -0.462 e. The van der Waals surface area contributed by atoms with Gasteiger partial charge >= 0.3 is 5.97 Å². The molecule has 0 spiro atoms. The molecule has 0 fully saturated rings. The molecule has 0 aromatic carbocycles. The third-order valence-corrected chi connectivity index (χ3v) is 0.786. The second-order valence-electron chi connectivity index (χ2n) is 1.92. The van der Waals surface area contributed by atoms with E-state index in [-0.39, 0.29) is 74.9 Å². The van der Waals surface area contributed by atoms with Gasteiger partial charge in [-0.3, -0.25) is 0 Å². The Morgan fingerprint density at radius 3 is 2.40 bits per heavy atom. The third-order valence-electron chi connectivity index (χ3n) is 0.786. The summed E-state index contributed by atoms with van der Waals surface area (Å²) in [5.41, 5.74) is 0.462. The summed E-state index contributed by atoms with van der Waals surface area (Å²) in [5, 5.41) is 0. The first-order chi connectivity index (χ1) is 4.18. The second-order valence-corrected chi connectivity index (χ2v) is 1.92. The number of carbonyl (C=O) groups is 1. The standard InChI is InChI=1S/C7H12O2.Cs/c1-4-5-9-7(8)6(2)3;/h2,4-5H2,1,3H3;. The van der Waals surface area contributed by atoms with E-state index in [9.17, 15) is 4.79 Å². The molecule has 0 aliphatic carbocycles. The molecular formula is C7H12CsO2. The van der Waals surface area contributed by atoms with Crippen molar-refractivity contribution in [1.82, 2.24) is 0 Å². The van der Waals surface area contributed by atoms with Gasteiger partial charge in [-0.15, -0.1) is 0 Å². The van der Waals surface area contributed by atoms with Crippen molar-refractivity contribution < 1.29 is 9.53 Å². The summed E-state index contributed by atoms with van der Waals surface area (Å²) in [7, 11) is 0. The van der Waals surface area contributed by atoms with Crippen molar-refractivity contribution in [3.8, 4) is 0 Å². The first kappa shape index (κ1) is 13.8. The van der Waals surface area contributed by atoms with Crippen LogP contribution in [0.1, 0.15) is 20.3 Å². The topological polar surface area (TPSA) is 26.3 Å². The van der Waals surface area contributed by atoms with Crippen molar-refractivity contribution in [2.45, 2.75) is 20.3 Å². The normalized spacial score (nSPS) is 7.80. The average Bonchev–Trinajstić information content (AvgIpc) is 1.82. The van der Waals surface area contributed by atoms with Gasteiger partial charge in [0.05, 0.1) is 6.61 Å². The number of ether oxygens (including phenoxy) is 1. The Balaban J connectivity index is 0. The summed E-state index contributed by atoms with van der Waals surface area (Å²) in [5.74, 6) is -0.295. The Morgan fingerprint density at radius 2 is 2.10 bits per heavy atom. The predicted molar refractivity (Wildman–Crippen MR) is 41.8 cm³/mol. The zero-order valence-electron chi connectivity index (χ0n) is 6.94. The Hall–Kier alpha value is 1.26. The number of esters is 1. The van der Waals surface area contributed by atoms with Crippen LogP contribution in [0.5, 0.6) is 0 Å². The van der Waals surface area contributed by atoms with E-state index in [1.54, 1.807) is 6.92 Å². The van der Waals surface area contributed by atoms with Crippen LogP contribution < -0.4 is 0 Å². The van der Waals surface area contributed by atoms with Crippen LogP contribution in [-0.4, -0.2) is 81.5 Å². The first-order valence-corrected chi connectivity index (χ1v) is 3.01. The molecule has 0 amide bonds. The van der Waals surface area contributed by atoms with E-state index in [1.165, 1.54) is 0 Å². The quantitative estimate of drug-likeness (QED) is 0.562. The van der Waals surface area contributed by atoms with Crippen molar-refractivity contribution in [2.75, 3.05) is 6.61 Å². The number of rotatable bonds is 3. The first-order valence-electron chi connectivity index (χ1n) is 3.01. The maximum absolute atomic E-state index is 10.6. The molecule has 0 atom stereocenters. The van der Waals surface area contributed by atoms with Gasteiger partial charge in [-0.25, -0.2) is 4.79 Å². The van der Waals surface area contributed by atoms with Gasteiger partial charge in [0.2, 0.25) is 0 Å². The summed E-state index contributed by atoms with van der Waals surface area (Å²) >= 11 is 0. The molecule has 0 saturated carbocycles. The molecule has 0 heterocycles. The van der Waals surface area contributed by atoms with Crippen LogP contribution in [0.3, 0.4) is 0 Å². The van der Waals surface area contributed by atoms with Crippen LogP contribution in [0.15, 0.2) is 12.2 Å². The van der Waals surface area contributed by atoms with Gasteiger partial charge in [0.1, 0.15) is 0 Å². The molecule has 10 heavy (non-hydrogen) atoms. The fraction of sp³-hybridized carbons (Fsp3) is 0.571. The molecule has 0 aliphatic rings. The van der Waals surface area contributed by atoms with Gasteiger partial charge in [-0.05, 0) is 13.3 Å². The predicted octanol–water partition coefficient (Wildman–Crippen LogP) is 1.13. The molecule has 0 rings (SSSR count). The van der Waals surface area contributed by atoms with E-state index >= 15 is 0 Å². The van der Waals surface area contributed by atoms with Gasteiger partial charge in [-0.1, -0.05) is 13.5 Å². The third kappa shape index (κ3) is 7.37. The molecule has 0 N–H and O–H groups in total. The molecule has 53 valence electrons. The minimum atomic E-state index is -0.295. The summed E-state index contributed by atoms with van der Waals surface area (Å²) in [6.07, 6.45) is 0.860. The van der Waals surface area contributed by atoms with Gasteiger partial charge < -0.3 is 4.74 Å². The molecule has 0 aromatic rings. The molecular weight excluding hydrogens is 249 g/mol. The summed E-state index contributed by atoms with van der Waals surface area (Å²) in [6, 6.07) is 0.